The van der Waals surface area contributed by atoms with Crippen LogP contribution in [0.2, 0.25) is 0 Å². The number of hydrogen-bond donors (Lipinski definition) is 1. The molecule has 0 saturated carbocycles. The van der Waals surface area contributed by atoms with Crippen molar-refractivity contribution in [3.8, 4) is 5.75 Å². The Morgan fingerprint density at radius 3 is 2.56 bits per heavy atom. The monoisotopic (exact) mass is 252 g/mol. The number of ether oxygens (including phenoxy) is 2. The predicted octanol–water partition coefficient (Wildman–Crippen LogP) is 2.14. The molecule has 0 spiro atoms. The van der Waals surface area contributed by atoms with Crippen LogP contribution in [0.1, 0.15) is 40.5 Å². The number of rotatable bonds is 5. The van der Waals surface area contributed by atoms with Crippen molar-refractivity contribution in [2.45, 2.75) is 19.8 Å². The van der Waals surface area contributed by atoms with Crippen molar-refractivity contribution >= 4 is 11.9 Å². The first-order valence-corrected chi connectivity index (χ1v) is 5.68. The van der Waals surface area contributed by atoms with E-state index >= 15 is 0 Å². The first-order chi connectivity index (χ1) is 8.60. The van der Waals surface area contributed by atoms with E-state index in [2.05, 4.69) is 4.74 Å². The summed E-state index contributed by atoms with van der Waals surface area (Å²) in [6.07, 6.45) is 1.65. The van der Waals surface area contributed by atoms with E-state index in [0.717, 1.165) is 12.8 Å². The molecular weight excluding hydrogens is 236 g/mol. The van der Waals surface area contributed by atoms with Gasteiger partial charge < -0.3 is 14.6 Å². The molecule has 18 heavy (non-hydrogen) atoms. The molecule has 1 aromatic rings. The van der Waals surface area contributed by atoms with Gasteiger partial charge in [-0.1, -0.05) is 13.3 Å². The van der Waals surface area contributed by atoms with Gasteiger partial charge in [-0.2, -0.15) is 0 Å². The Kier molecular flexibility index (Phi) is 5.17. The number of methoxy groups -OCH3 is 1. The SMILES string of the molecule is CCCCOC(=O)c1cc(O)ccc1C(=O)OC. The van der Waals surface area contributed by atoms with Gasteiger partial charge in [0.15, 0.2) is 0 Å². The highest BCUT2D eigenvalue weighted by Gasteiger charge is 2.19. The van der Waals surface area contributed by atoms with Crippen LogP contribution in [0, 0.1) is 0 Å². The molecule has 5 heteroatoms. The van der Waals surface area contributed by atoms with E-state index in [1.165, 1.54) is 25.3 Å². The second-order valence-electron chi connectivity index (χ2n) is 3.71. The third kappa shape index (κ3) is 3.48. The zero-order chi connectivity index (χ0) is 13.5. The Bertz CT molecular complexity index is 439. The van der Waals surface area contributed by atoms with Gasteiger partial charge in [0.25, 0.3) is 0 Å². The first-order valence-electron chi connectivity index (χ1n) is 5.68. The zero-order valence-corrected chi connectivity index (χ0v) is 10.4. The third-order valence-electron chi connectivity index (χ3n) is 2.36. The number of carbonyl (C=O) groups excluding carboxylic acids is 2. The molecule has 1 N–H and O–H groups in total. The van der Waals surface area contributed by atoms with Gasteiger partial charge in [-0.05, 0) is 24.6 Å². The second kappa shape index (κ2) is 6.64. The van der Waals surface area contributed by atoms with E-state index in [-0.39, 0.29) is 23.5 Å². The van der Waals surface area contributed by atoms with Gasteiger partial charge in [0.05, 0.1) is 24.8 Å². The van der Waals surface area contributed by atoms with E-state index in [9.17, 15) is 14.7 Å². The zero-order valence-electron chi connectivity index (χ0n) is 10.4. The molecule has 0 fully saturated rings. The third-order valence-corrected chi connectivity index (χ3v) is 2.36. The number of aromatic hydroxyl groups is 1. The van der Waals surface area contributed by atoms with Crippen molar-refractivity contribution < 1.29 is 24.2 Å². The van der Waals surface area contributed by atoms with Crippen LogP contribution >= 0.6 is 0 Å². The summed E-state index contributed by atoms with van der Waals surface area (Å²) in [6.45, 7) is 2.26. The summed E-state index contributed by atoms with van der Waals surface area (Å²) in [5.41, 5.74) is 0.0924. The molecule has 0 bridgehead atoms. The minimum Gasteiger partial charge on any atom is -0.508 e. The van der Waals surface area contributed by atoms with E-state index in [1.807, 2.05) is 6.92 Å². The summed E-state index contributed by atoms with van der Waals surface area (Å²) in [6, 6.07) is 3.84. The number of phenolic OH excluding ortho intramolecular Hbond substituents is 1. The lowest BCUT2D eigenvalue weighted by atomic mass is 10.1. The Labute approximate surface area is 105 Å². The molecule has 0 aliphatic carbocycles. The van der Waals surface area contributed by atoms with E-state index < -0.39 is 11.9 Å². The molecule has 0 unspecified atom stereocenters. The molecule has 0 aliphatic heterocycles. The predicted molar refractivity (Wildman–Crippen MR) is 64.6 cm³/mol. The highest BCUT2D eigenvalue weighted by Crippen LogP contribution is 2.18. The standard InChI is InChI=1S/C13H16O5/c1-3-4-7-18-13(16)11-8-9(14)5-6-10(11)12(15)17-2/h5-6,8,14H,3-4,7H2,1-2H3. The minimum absolute atomic E-state index is 0.0120. The average Bonchev–Trinajstić information content (AvgIpc) is 2.38. The molecule has 1 aromatic carbocycles. The molecule has 0 atom stereocenters. The van der Waals surface area contributed by atoms with E-state index in [4.69, 9.17) is 4.74 Å². The topological polar surface area (TPSA) is 72.8 Å². The fraction of sp³-hybridized carbons (Fsp3) is 0.385. The summed E-state index contributed by atoms with van der Waals surface area (Å²) < 4.78 is 9.57. The molecule has 5 nitrogen and oxygen atoms in total. The lowest BCUT2D eigenvalue weighted by molar-refractivity contribution is 0.0481. The molecule has 0 amide bonds. The summed E-state index contributed by atoms with van der Waals surface area (Å²) in [7, 11) is 1.22. The van der Waals surface area contributed by atoms with Crippen LogP contribution in [0.3, 0.4) is 0 Å². The van der Waals surface area contributed by atoms with Gasteiger partial charge in [-0.25, -0.2) is 9.59 Å². The number of benzene rings is 1. The molecule has 0 saturated heterocycles. The summed E-state index contributed by atoms with van der Waals surface area (Å²) >= 11 is 0. The van der Waals surface area contributed by atoms with Crippen molar-refractivity contribution in [1.82, 2.24) is 0 Å². The van der Waals surface area contributed by atoms with Gasteiger partial charge in [-0.15, -0.1) is 0 Å². The lowest BCUT2D eigenvalue weighted by Crippen LogP contribution is -2.13. The highest BCUT2D eigenvalue weighted by atomic mass is 16.5. The van der Waals surface area contributed by atoms with Crippen LogP contribution in [-0.4, -0.2) is 30.8 Å². The van der Waals surface area contributed by atoms with Crippen LogP contribution in [0.4, 0.5) is 0 Å². The van der Waals surface area contributed by atoms with E-state index in [0.29, 0.717) is 0 Å². The van der Waals surface area contributed by atoms with Crippen LogP contribution in [0.25, 0.3) is 0 Å². The van der Waals surface area contributed by atoms with Crippen molar-refractivity contribution in [3.63, 3.8) is 0 Å². The maximum absolute atomic E-state index is 11.8. The second-order valence-corrected chi connectivity index (χ2v) is 3.71. The molecule has 1 rings (SSSR count). The average molecular weight is 252 g/mol. The van der Waals surface area contributed by atoms with Crippen LogP contribution in [-0.2, 0) is 9.47 Å². The molecule has 0 aromatic heterocycles. The number of hydrogen-bond acceptors (Lipinski definition) is 5. The Morgan fingerprint density at radius 2 is 1.94 bits per heavy atom. The first kappa shape index (κ1) is 14.0. The summed E-state index contributed by atoms with van der Waals surface area (Å²) in [5, 5.41) is 9.35. The summed E-state index contributed by atoms with van der Waals surface area (Å²) in [4.78, 5) is 23.2. The van der Waals surface area contributed by atoms with Crippen molar-refractivity contribution in [2.75, 3.05) is 13.7 Å². The number of esters is 2. The largest absolute Gasteiger partial charge is 0.508 e. The van der Waals surface area contributed by atoms with Gasteiger partial charge in [0.1, 0.15) is 5.75 Å². The van der Waals surface area contributed by atoms with Gasteiger partial charge >= 0.3 is 11.9 Å². The molecule has 0 heterocycles. The van der Waals surface area contributed by atoms with Crippen LogP contribution < -0.4 is 0 Å². The van der Waals surface area contributed by atoms with E-state index in [1.54, 1.807) is 0 Å². The van der Waals surface area contributed by atoms with Gasteiger partial charge in [0, 0.05) is 0 Å². The number of carbonyl (C=O) groups is 2. The molecule has 98 valence electrons. The Balaban J connectivity index is 2.94. The number of unbranched alkanes of at least 4 members (excludes halogenated alkanes) is 1. The van der Waals surface area contributed by atoms with Crippen LogP contribution in [0.5, 0.6) is 5.75 Å². The van der Waals surface area contributed by atoms with Crippen molar-refractivity contribution in [3.05, 3.63) is 29.3 Å². The quantitative estimate of drug-likeness (QED) is 0.642. The Morgan fingerprint density at radius 1 is 1.22 bits per heavy atom. The summed E-state index contributed by atoms with van der Waals surface area (Å²) in [5.74, 6) is -1.39. The maximum atomic E-state index is 11.8. The Hall–Kier alpha value is -2.04. The van der Waals surface area contributed by atoms with Crippen molar-refractivity contribution in [2.24, 2.45) is 0 Å². The number of phenols is 1. The fourth-order valence-corrected chi connectivity index (χ4v) is 1.38. The highest BCUT2D eigenvalue weighted by molar-refractivity contribution is 6.03. The smallest absolute Gasteiger partial charge is 0.339 e. The normalized spacial score (nSPS) is 9.89. The molecule has 0 aliphatic rings. The fourth-order valence-electron chi connectivity index (χ4n) is 1.38. The molecule has 0 radical (unpaired) electrons. The minimum atomic E-state index is -0.641. The van der Waals surface area contributed by atoms with Crippen LogP contribution in [0.15, 0.2) is 18.2 Å². The van der Waals surface area contributed by atoms with Gasteiger partial charge in [0.2, 0.25) is 0 Å². The lowest BCUT2D eigenvalue weighted by Gasteiger charge is -2.08. The van der Waals surface area contributed by atoms with Gasteiger partial charge in [-0.3, -0.25) is 0 Å². The maximum Gasteiger partial charge on any atom is 0.339 e. The van der Waals surface area contributed by atoms with Crippen molar-refractivity contribution in [1.29, 1.82) is 0 Å². The molecular formula is C13H16O5.